The minimum Gasteiger partial charge on any atom is -0.492 e. The summed E-state index contributed by atoms with van der Waals surface area (Å²) >= 11 is 5.93. The molecule has 0 fully saturated rings. The molecule has 104 valence electrons. The number of halogens is 1. The van der Waals surface area contributed by atoms with Crippen LogP contribution in [0.25, 0.3) is 0 Å². The number of rotatable bonds is 4. The highest BCUT2D eigenvalue weighted by Crippen LogP contribution is 2.13. The first-order chi connectivity index (χ1) is 9.69. The molecule has 0 unspecified atom stereocenters. The van der Waals surface area contributed by atoms with Crippen molar-refractivity contribution in [3.8, 4) is 17.6 Å². The van der Waals surface area contributed by atoms with Gasteiger partial charge < -0.3 is 9.84 Å². The van der Waals surface area contributed by atoms with Gasteiger partial charge in [-0.3, -0.25) is 4.68 Å². The first kappa shape index (κ1) is 14.4. The van der Waals surface area contributed by atoms with Gasteiger partial charge >= 0.3 is 0 Å². The Kier molecular flexibility index (Phi) is 5.05. The number of aliphatic hydroxyl groups is 1. The van der Waals surface area contributed by atoms with Crippen LogP contribution in [0.2, 0.25) is 5.02 Å². The Balaban J connectivity index is 1.85. The number of ether oxygens (including phenoxy) is 1. The second kappa shape index (κ2) is 6.99. The molecule has 2 rings (SSSR count). The van der Waals surface area contributed by atoms with E-state index in [2.05, 4.69) is 16.9 Å². The average molecular weight is 291 g/mol. The third-order valence-corrected chi connectivity index (χ3v) is 3.01. The van der Waals surface area contributed by atoms with Crippen molar-refractivity contribution >= 4 is 11.6 Å². The number of hydrogen-bond acceptors (Lipinski definition) is 3. The number of aromatic nitrogens is 2. The molecule has 0 aliphatic rings. The molecule has 5 heteroatoms. The van der Waals surface area contributed by atoms with Gasteiger partial charge in [-0.15, -0.1) is 0 Å². The van der Waals surface area contributed by atoms with Crippen LogP contribution in [0.5, 0.6) is 5.75 Å². The van der Waals surface area contributed by atoms with Gasteiger partial charge in [-0.05, 0) is 31.2 Å². The van der Waals surface area contributed by atoms with Gasteiger partial charge in [-0.1, -0.05) is 23.4 Å². The number of hydrogen-bond donors (Lipinski definition) is 1. The van der Waals surface area contributed by atoms with Gasteiger partial charge in [0.1, 0.15) is 19.0 Å². The van der Waals surface area contributed by atoms with E-state index in [-0.39, 0.29) is 6.61 Å². The molecule has 0 atom stereocenters. The fourth-order valence-corrected chi connectivity index (χ4v) is 1.79. The Morgan fingerprint density at radius 2 is 2.10 bits per heavy atom. The predicted octanol–water partition coefficient (Wildman–Crippen LogP) is 2.27. The molecule has 4 nitrogen and oxygen atoms in total. The first-order valence-electron chi connectivity index (χ1n) is 6.21. The highest BCUT2D eigenvalue weighted by Gasteiger charge is 2.01. The van der Waals surface area contributed by atoms with Crippen molar-refractivity contribution in [1.82, 2.24) is 9.78 Å². The summed E-state index contributed by atoms with van der Waals surface area (Å²) in [4.78, 5) is 0. The summed E-state index contributed by atoms with van der Waals surface area (Å²) in [6.07, 6.45) is 1.79. The number of nitrogens with zero attached hydrogens (tertiary/aromatic N) is 2. The minimum atomic E-state index is -0.135. The smallest absolute Gasteiger partial charge is 0.119 e. The second-order valence-electron chi connectivity index (χ2n) is 4.16. The summed E-state index contributed by atoms with van der Waals surface area (Å²) in [7, 11) is 0. The lowest BCUT2D eigenvalue weighted by Gasteiger charge is -2.06. The lowest BCUT2D eigenvalue weighted by molar-refractivity contribution is 0.291. The summed E-state index contributed by atoms with van der Waals surface area (Å²) in [6.45, 7) is 2.88. The van der Waals surface area contributed by atoms with E-state index in [0.29, 0.717) is 18.2 Å². The Labute approximate surface area is 122 Å². The maximum atomic E-state index is 8.61. The summed E-state index contributed by atoms with van der Waals surface area (Å²) in [5, 5.41) is 13.5. The zero-order chi connectivity index (χ0) is 14.4. The van der Waals surface area contributed by atoms with Crippen molar-refractivity contribution in [2.24, 2.45) is 0 Å². The monoisotopic (exact) mass is 290 g/mol. The molecule has 1 aromatic carbocycles. The first-order valence-corrected chi connectivity index (χ1v) is 6.59. The number of aryl methyl sites for hydroxylation is 1. The van der Waals surface area contributed by atoms with Crippen LogP contribution in [0, 0.1) is 18.8 Å². The molecule has 2 aromatic rings. The maximum absolute atomic E-state index is 8.61. The van der Waals surface area contributed by atoms with E-state index >= 15 is 0 Å². The van der Waals surface area contributed by atoms with Gasteiger partial charge in [0.25, 0.3) is 0 Å². The van der Waals surface area contributed by atoms with E-state index in [0.717, 1.165) is 17.0 Å². The van der Waals surface area contributed by atoms with Crippen LogP contribution < -0.4 is 4.74 Å². The number of aliphatic hydroxyl groups excluding tert-OH is 1. The standard InChI is InChI=1S/C15H15ClN2O2/c1-12-15(16)11-18(17-12)8-10-20-14-6-4-13(5-7-14)3-2-9-19/h4-7,11,19H,8-10H2,1H3. The van der Waals surface area contributed by atoms with Crippen LogP contribution in [0.15, 0.2) is 30.5 Å². The average Bonchev–Trinajstić information content (AvgIpc) is 2.77. The van der Waals surface area contributed by atoms with Gasteiger partial charge in [-0.2, -0.15) is 5.10 Å². The third kappa shape index (κ3) is 4.02. The summed E-state index contributed by atoms with van der Waals surface area (Å²) in [5.74, 6) is 6.20. The molecular formula is C15H15ClN2O2. The van der Waals surface area contributed by atoms with E-state index < -0.39 is 0 Å². The molecule has 0 saturated heterocycles. The summed E-state index contributed by atoms with van der Waals surface area (Å²) in [6, 6.07) is 7.41. The number of benzene rings is 1. The van der Waals surface area contributed by atoms with Gasteiger partial charge in [0.2, 0.25) is 0 Å². The van der Waals surface area contributed by atoms with Crippen molar-refractivity contribution in [1.29, 1.82) is 0 Å². The van der Waals surface area contributed by atoms with E-state index in [4.69, 9.17) is 21.4 Å². The van der Waals surface area contributed by atoms with Crippen molar-refractivity contribution in [3.63, 3.8) is 0 Å². The van der Waals surface area contributed by atoms with Gasteiger partial charge in [0.05, 0.1) is 17.3 Å². The molecule has 0 spiro atoms. The molecule has 0 saturated carbocycles. The Morgan fingerprint density at radius 1 is 1.35 bits per heavy atom. The molecule has 0 bridgehead atoms. The molecule has 0 aliphatic heterocycles. The highest BCUT2D eigenvalue weighted by molar-refractivity contribution is 6.31. The quantitative estimate of drug-likeness (QED) is 0.879. The molecule has 0 amide bonds. The molecule has 1 N–H and O–H groups in total. The molecular weight excluding hydrogens is 276 g/mol. The lowest BCUT2D eigenvalue weighted by atomic mass is 10.2. The summed E-state index contributed by atoms with van der Waals surface area (Å²) in [5.41, 5.74) is 1.67. The minimum absolute atomic E-state index is 0.135. The summed E-state index contributed by atoms with van der Waals surface area (Å²) < 4.78 is 7.38. The zero-order valence-electron chi connectivity index (χ0n) is 11.1. The molecule has 1 heterocycles. The predicted molar refractivity (Wildman–Crippen MR) is 77.9 cm³/mol. The van der Waals surface area contributed by atoms with Crippen molar-refractivity contribution in [2.75, 3.05) is 13.2 Å². The van der Waals surface area contributed by atoms with Crippen LogP contribution >= 0.6 is 11.6 Å². The van der Waals surface area contributed by atoms with Gasteiger partial charge in [-0.25, -0.2) is 0 Å². The topological polar surface area (TPSA) is 47.3 Å². The largest absolute Gasteiger partial charge is 0.492 e. The fourth-order valence-electron chi connectivity index (χ4n) is 1.64. The maximum Gasteiger partial charge on any atom is 0.119 e. The second-order valence-corrected chi connectivity index (χ2v) is 4.57. The van der Waals surface area contributed by atoms with Gasteiger partial charge in [0, 0.05) is 11.8 Å². The Bertz CT molecular complexity index is 604. The van der Waals surface area contributed by atoms with Crippen molar-refractivity contribution in [3.05, 3.63) is 46.7 Å². The van der Waals surface area contributed by atoms with Crippen molar-refractivity contribution < 1.29 is 9.84 Å². The SMILES string of the molecule is Cc1nn(CCOc2ccc(C#CCO)cc2)cc1Cl. The van der Waals surface area contributed by atoms with Crippen molar-refractivity contribution in [2.45, 2.75) is 13.5 Å². The molecule has 0 radical (unpaired) electrons. The fraction of sp³-hybridized carbons (Fsp3) is 0.267. The van der Waals surface area contributed by atoms with Gasteiger partial charge in [0.15, 0.2) is 0 Å². The van der Waals surface area contributed by atoms with Crippen LogP contribution in [-0.4, -0.2) is 28.1 Å². The van der Waals surface area contributed by atoms with Crippen LogP contribution in [0.1, 0.15) is 11.3 Å². The van der Waals surface area contributed by atoms with Crippen LogP contribution in [-0.2, 0) is 6.54 Å². The normalized spacial score (nSPS) is 9.95. The Hall–Kier alpha value is -1.96. The van der Waals surface area contributed by atoms with E-state index in [9.17, 15) is 0 Å². The molecule has 1 aromatic heterocycles. The van der Waals surface area contributed by atoms with Crippen LogP contribution in [0.3, 0.4) is 0 Å². The van der Waals surface area contributed by atoms with E-state index in [1.54, 1.807) is 10.9 Å². The van der Waals surface area contributed by atoms with E-state index in [1.807, 2.05) is 31.2 Å². The highest BCUT2D eigenvalue weighted by atomic mass is 35.5. The molecule has 20 heavy (non-hydrogen) atoms. The lowest BCUT2D eigenvalue weighted by Crippen LogP contribution is -2.08. The zero-order valence-corrected chi connectivity index (χ0v) is 11.9. The van der Waals surface area contributed by atoms with Crippen LogP contribution in [0.4, 0.5) is 0 Å². The molecule has 0 aliphatic carbocycles. The third-order valence-electron chi connectivity index (χ3n) is 2.64. The van der Waals surface area contributed by atoms with E-state index in [1.165, 1.54) is 0 Å². The Morgan fingerprint density at radius 3 is 2.70 bits per heavy atom.